The zero-order chi connectivity index (χ0) is 14.4. The van der Waals surface area contributed by atoms with E-state index in [1.807, 2.05) is 13.1 Å². The molecule has 2 heterocycles. The van der Waals surface area contributed by atoms with Gasteiger partial charge in [0, 0.05) is 37.5 Å². The topological polar surface area (TPSA) is 47.0 Å². The summed E-state index contributed by atoms with van der Waals surface area (Å²) in [6.07, 6.45) is 1.93. The van der Waals surface area contributed by atoms with Crippen molar-refractivity contribution in [1.29, 1.82) is 0 Å². The molecule has 0 aliphatic heterocycles. The summed E-state index contributed by atoms with van der Waals surface area (Å²) < 4.78 is 6.05. The Morgan fingerprint density at radius 1 is 1.40 bits per heavy atom. The van der Waals surface area contributed by atoms with Crippen LogP contribution in [-0.2, 0) is 11.3 Å². The third-order valence-electron chi connectivity index (χ3n) is 2.68. The number of hydrogen-bond donors (Lipinski definition) is 1. The van der Waals surface area contributed by atoms with Crippen LogP contribution in [0.15, 0.2) is 27.0 Å². The predicted octanol–water partition coefficient (Wildman–Crippen LogP) is 3.04. The number of aromatic nitrogens is 2. The van der Waals surface area contributed by atoms with Crippen LogP contribution in [0.3, 0.4) is 0 Å². The van der Waals surface area contributed by atoms with Crippen molar-refractivity contribution in [2.75, 3.05) is 20.3 Å². The summed E-state index contributed by atoms with van der Waals surface area (Å²) in [5.41, 5.74) is 3.45. The lowest BCUT2D eigenvalue weighted by molar-refractivity contribution is 0.199. The molecule has 0 aliphatic carbocycles. The molecule has 0 saturated heterocycles. The smallest absolute Gasteiger partial charge is 0.156 e. The van der Waals surface area contributed by atoms with Gasteiger partial charge in [0.05, 0.1) is 6.61 Å². The van der Waals surface area contributed by atoms with Crippen LogP contribution >= 0.6 is 23.1 Å². The first kappa shape index (κ1) is 15.4. The Morgan fingerprint density at radius 2 is 2.25 bits per heavy atom. The third-order valence-corrected chi connectivity index (χ3v) is 4.86. The molecule has 1 N–H and O–H groups in total. The van der Waals surface area contributed by atoms with Gasteiger partial charge in [0.2, 0.25) is 0 Å². The van der Waals surface area contributed by atoms with E-state index >= 15 is 0 Å². The summed E-state index contributed by atoms with van der Waals surface area (Å²) in [5, 5.41) is 6.41. The molecule has 0 atom stereocenters. The first-order valence-corrected chi connectivity index (χ1v) is 8.14. The molecule has 0 amide bonds. The van der Waals surface area contributed by atoms with Crippen molar-refractivity contribution in [1.82, 2.24) is 15.3 Å². The minimum Gasteiger partial charge on any atom is -0.383 e. The molecule has 0 unspecified atom stereocenters. The van der Waals surface area contributed by atoms with Gasteiger partial charge in [0.15, 0.2) is 4.34 Å². The second-order valence-electron chi connectivity index (χ2n) is 4.49. The number of methoxy groups -OCH3 is 1. The maximum Gasteiger partial charge on any atom is 0.156 e. The average molecular weight is 309 g/mol. The highest BCUT2D eigenvalue weighted by molar-refractivity contribution is 8.01. The summed E-state index contributed by atoms with van der Waals surface area (Å²) >= 11 is 3.29. The van der Waals surface area contributed by atoms with Crippen LogP contribution in [0.5, 0.6) is 0 Å². The minimum absolute atomic E-state index is 0.726. The summed E-state index contributed by atoms with van der Waals surface area (Å²) in [4.78, 5) is 8.99. The van der Waals surface area contributed by atoms with E-state index in [1.165, 1.54) is 11.1 Å². The largest absolute Gasteiger partial charge is 0.383 e. The van der Waals surface area contributed by atoms with Crippen molar-refractivity contribution >= 4 is 23.1 Å². The highest BCUT2D eigenvalue weighted by Gasteiger charge is 2.07. The lowest BCUT2D eigenvalue weighted by Gasteiger charge is -2.07. The van der Waals surface area contributed by atoms with Gasteiger partial charge in [-0.1, -0.05) is 6.07 Å². The SMILES string of the molecule is COCCNCc1cnc(Sc2nc(C)cs2)c(C)c1. The van der Waals surface area contributed by atoms with Crippen LogP contribution in [0.1, 0.15) is 16.8 Å². The molecule has 0 saturated carbocycles. The number of aryl methyl sites for hydroxylation is 2. The Balaban J connectivity index is 1.95. The normalized spacial score (nSPS) is 10.9. The van der Waals surface area contributed by atoms with Gasteiger partial charge in [-0.3, -0.25) is 0 Å². The summed E-state index contributed by atoms with van der Waals surface area (Å²) in [6, 6.07) is 2.18. The van der Waals surface area contributed by atoms with Crippen LogP contribution in [0, 0.1) is 13.8 Å². The van der Waals surface area contributed by atoms with E-state index in [0.717, 1.165) is 34.8 Å². The van der Waals surface area contributed by atoms with Crippen molar-refractivity contribution in [3.05, 3.63) is 34.5 Å². The molecule has 2 aromatic rings. The monoisotopic (exact) mass is 309 g/mol. The van der Waals surface area contributed by atoms with Crippen LogP contribution in [-0.4, -0.2) is 30.2 Å². The van der Waals surface area contributed by atoms with Gasteiger partial charge in [-0.25, -0.2) is 9.97 Å². The predicted molar refractivity (Wildman–Crippen MR) is 83.5 cm³/mol. The fourth-order valence-corrected chi connectivity index (χ4v) is 3.47. The molecule has 2 aromatic heterocycles. The van der Waals surface area contributed by atoms with Gasteiger partial charge in [-0.2, -0.15) is 0 Å². The first-order chi connectivity index (χ1) is 9.69. The Morgan fingerprint density at radius 3 is 2.90 bits per heavy atom. The molecular formula is C14H19N3OS2. The van der Waals surface area contributed by atoms with E-state index in [0.29, 0.717) is 0 Å². The van der Waals surface area contributed by atoms with Gasteiger partial charge in [0.25, 0.3) is 0 Å². The molecule has 4 nitrogen and oxygen atoms in total. The first-order valence-electron chi connectivity index (χ1n) is 6.44. The number of hydrogen-bond acceptors (Lipinski definition) is 6. The fraction of sp³-hybridized carbons (Fsp3) is 0.429. The number of thiazole rings is 1. The number of ether oxygens (including phenoxy) is 1. The quantitative estimate of drug-likeness (QED) is 0.797. The van der Waals surface area contributed by atoms with Crippen LogP contribution in [0.4, 0.5) is 0 Å². The van der Waals surface area contributed by atoms with Crippen molar-refractivity contribution in [2.24, 2.45) is 0 Å². The van der Waals surface area contributed by atoms with E-state index in [-0.39, 0.29) is 0 Å². The summed E-state index contributed by atoms with van der Waals surface area (Å²) in [5.74, 6) is 0. The highest BCUT2D eigenvalue weighted by atomic mass is 32.2. The molecule has 0 spiro atoms. The Hall–Kier alpha value is -0.950. The fourth-order valence-electron chi connectivity index (χ4n) is 1.69. The number of nitrogens with zero attached hydrogens (tertiary/aromatic N) is 2. The maximum atomic E-state index is 5.00. The average Bonchev–Trinajstić information content (AvgIpc) is 2.83. The lowest BCUT2D eigenvalue weighted by atomic mass is 10.2. The van der Waals surface area contributed by atoms with E-state index in [2.05, 4.69) is 33.7 Å². The van der Waals surface area contributed by atoms with E-state index in [4.69, 9.17) is 4.74 Å². The second-order valence-corrected chi connectivity index (χ2v) is 6.59. The van der Waals surface area contributed by atoms with Gasteiger partial charge in [-0.15, -0.1) is 11.3 Å². The Kier molecular flexibility index (Phi) is 5.97. The zero-order valence-electron chi connectivity index (χ0n) is 12.0. The van der Waals surface area contributed by atoms with Gasteiger partial charge in [0.1, 0.15) is 5.03 Å². The van der Waals surface area contributed by atoms with Crippen LogP contribution < -0.4 is 5.32 Å². The standard InChI is InChI=1S/C14H19N3OS2/c1-10-6-12(7-15-4-5-18-3)8-16-13(10)20-14-17-11(2)9-19-14/h6,8-9,15H,4-5,7H2,1-3H3. The lowest BCUT2D eigenvalue weighted by Crippen LogP contribution is -2.18. The van der Waals surface area contributed by atoms with Crippen molar-refractivity contribution in [2.45, 2.75) is 29.8 Å². The molecule has 0 bridgehead atoms. The molecule has 108 valence electrons. The van der Waals surface area contributed by atoms with Crippen molar-refractivity contribution < 1.29 is 4.74 Å². The van der Waals surface area contributed by atoms with Gasteiger partial charge >= 0.3 is 0 Å². The van der Waals surface area contributed by atoms with Crippen LogP contribution in [0.2, 0.25) is 0 Å². The van der Waals surface area contributed by atoms with Gasteiger partial charge < -0.3 is 10.1 Å². The molecular weight excluding hydrogens is 290 g/mol. The number of rotatable bonds is 7. The van der Waals surface area contributed by atoms with Gasteiger partial charge in [-0.05, 0) is 36.7 Å². The Labute approximate surface area is 128 Å². The highest BCUT2D eigenvalue weighted by Crippen LogP contribution is 2.30. The minimum atomic E-state index is 0.726. The molecule has 0 fully saturated rings. The maximum absolute atomic E-state index is 5.00. The Bertz CT molecular complexity index is 557. The molecule has 2 rings (SSSR count). The van der Waals surface area contributed by atoms with E-state index < -0.39 is 0 Å². The number of pyridine rings is 1. The van der Waals surface area contributed by atoms with Crippen LogP contribution in [0.25, 0.3) is 0 Å². The van der Waals surface area contributed by atoms with Crippen molar-refractivity contribution in [3.63, 3.8) is 0 Å². The molecule has 6 heteroatoms. The molecule has 0 aromatic carbocycles. The number of nitrogens with one attached hydrogen (secondary N) is 1. The third kappa shape index (κ3) is 4.56. The molecule has 20 heavy (non-hydrogen) atoms. The zero-order valence-corrected chi connectivity index (χ0v) is 13.6. The van der Waals surface area contributed by atoms with E-state index in [9.17, 15) is 0 Å². The summed E-state index contributed by atoms with van der Waals surface area (Å²) in [7, 11) is 1.71. The second kappa shape index (κ2) is 7.73. The molecule has 0 aliphatic rings. The van der Waals surface area contributed by atoms with E-state index in [1.54, 1.807) is 30.2 Å². The summed E-state index contributed by atoms with van der Waals surface area (Å²) in [6.45, 7) is 6.50. The van der Waals surface area contributed by atoms with Crippen molar-refractivity contribution in [3.8, 4) is 0 Å². The molecule has 0 radical (unpaired) electrons.